The lowest BCUT2D eigenvalue weighted by molar-refractivity contribution is -0.115. The van der Waals surface area contributed by atoms with Gasteiger partial charge in [-0.05, 0) is 85.1 Å². The molecule has 0 radical (unpaired) electrons. The van der Waals surface area contributed by atoms with Crippen molar-refractivity contribution in [1.29, 1.82) is 0 Å². The Bertz CT molecular complexity index is 2150. The number of rotatable bonds is 12. The van der Waals surface area contributed by atoms with E-state index in [0.717, 1.165) is 37.6 Å². The summed E-state index contributed by atoms with van der Waals surface area (Å²) in [6, 6.07) is 39.4. The third kappa shape index (κ3) is 8.84. The number of thiazole rings is 1. The maximum Gasteiger partial charge on any atom is 0.272 e. The lowest BCUT2D eigenvalue weighted by atomic mass is 10.0. The van der Waals surface area contributed by atoms with E-state index in [1.807, 2.05) is 98.8 Å². The minimum Gasteiger partial charge on any atom is -0.494 e. The first kappa shape index (κ1) is 34.2. The molecule has 1 atom stereocenters. The molecule has 6 aromatic rings. The molecule has 1 aromatic heterocycles. The highest BCUT2D eigenvalue weighted by Crippen LogP contribution is 2.31. The fourth-order valence-electron chi connectivity index (χ4n) is 5.04. The zero-order valence-corrected chi connectivity index (χ0v) is 29.0. The number of ether oxygens (including phenoxy) is 1. The van der Waals surface area contributed by atoms with Gasteiger partial charge in [0.15, 0.2) is 5.13 Å². The van der Waals surface area contributed by atoms with Gasteiger partial charge in [0.2, 0.25) is 5.91 Å². The predicted molar refractivity (Wildman–Crippen MR) is 204 cm³/mol. The van der Waals surface area contributed by atoms with Gasteiger partial charge < -0.3 is 20.7 Å². The monoisotopic (exact) mass is 698 g/mol. The molecular weight excluding hydrogens is 665 g/mol. The highest BCUT2D eigenvalue weighted by Gasteiger charge is 2.19. The molecule has 0 aliphatic rings. The number of anilines is 2. The van der Waals surface area contributed by atoms with Crippen LogP contribution in [0.5, 0.6) is 5.75 Å². The van der Waals surface area contributed by atoms with Gasteiger partial charge >= 0.3 is 0 Å². The summed E-state index contributed by atoms with van der Waals surface area (Å²) in [4.78, 5) is 45.2. The van der Waals surface area contributed by atoms with E-state index in [9.17, 15) is 14.4 Å². The molecule has 10 heteroatoms. The van der Waals surface area contributed by atoms with Crippen LogP contribution in [-0.4, -0.2) is 34.6 Å². The largest absolute Gasteiger partial charge is 0.494 e. The molecule has 1 heterocycles. The van der Waals surface area contributed by atoms with E-state index in [1.165, 1.54) is 23.1 Å². The molecule has 250 valence electrons. The van der Waals surface area contributed by atoms with Gasteiger partial charge in [0.1, 0.15) is 11.4 Å². The van der Waals surface area contributed by atoms with Crippen molar-refractivity contribution in [1.82, 2.24) is 10.3 Å². The summed E-state index contributed by atoms with van der Waals surface area (Å²) in [5, 5.41) is 8.69. The van der Waals surface area contributed by atoms with Crippen molar-refractivity contribution in [2.75, 3.05) is 17.2 Å². The molecule has 0 bridgehead atoms. The second-order valence-electron chi connectivity index (χ2n) is 11.2. The van der Waals surface area contributed by atoms with Gasteiger partial charge in [0.05, 0.1) is 22.1 Å². The highest BCUT2D eigenvalue weighted by atomic mass is 32.2. The van der Waals surface area contributed by atoms with Crippen molar-refractivity contribution in [2.24, 2.45) is 0 Å². The zero-order chi connectivity index (χ0) is 34.9. The van der Waals surface area contributed by atoms with Crippen molar-refractivity contribution in [3.63, 3.8) is 0 Å². The van der Waals surface area contributed by atoms with Crippen molar-refractivity contribution in [3.05, 3.63) is 144 Å². The molecule has 6 rings (SSSR count). The Morgan fingerprint density at radius 1 is 0.820 bits per heavy atom. The quantitative estimate of drug-likeness (QED) is 0.0870. The number of thioether (sulfide) groups is 1. The van der Waals surface area contributed by atoms with Crippen molar-refractivity contribution >= 4 is 67.9 Å². The zero-order valence-electron chi connectivity index (χ0n) is 27.4. The second-order valence-corrected chi connectivity index (χ2v) is 13.6. The van der Waals surface area contributed by atoms with Crippen LogP contribution in [0, 0.1) is 0 Å². The summed E-state index contributed by atoms with van der Waals surface area (Å²) in [5.74, 6) is -0.325. The third-order valence-electron chi connectivity index (χ3n) is 7.53. The van der Waals surface area contributed by atoms with Crippen LogP contribution < -0.4 is 20.7 Å². The molecular formula is C40H34N4O4S2. The number of aromatic nitrogens is 1. The van der Waals surface area contributed by atoms with Gasteiger partial charge in [-0.2, -0.15) is 0 Å². The molecule has 8 nitrogen and oxygen atoms in total. The van der Waals surface area contributed by atoms with Crippen molar-refractivity contribution in [3.8, 4) is 16.9 Å². The number of hydrogen-bond acceptors (Lipinski definition) is 7. The van der Waals surface area contributed by atoms with Crippen LogP contribution >= 0.6 is 23.1 Å². The number of carbonyl (C=O) groups excluding carboxylic acids is 3. The first-order valence-electron chi connectivity index (χ1n) is 16.0. The van der Waals surface area contributed by atoms with E-state index in [-0.39, 0.29) is 11.6 Å². The van der Waals surface area contributed by atoms with E-state index in [1.54, 1.807) is 48.5 Å². The van der Waals surface area contributed by atoms with Crippen LogP contribution in [0.25, 0.3) is 27.4 Å². The molecule has 0 spiro atoms. The lowest BCUT2D eigenvalue weighted by Gasteiger charge is -2.14. The fourth-order valence-corrected chi connectivity index (χ4v) is 6.86. The van der Waals surface area contributed by atoms with Crippen LogP contribution in [0.3, 0.4) is 0 Å². The fraction of sp³-hybridized carbons (Fsp3) is 0.100. The molecule has 50 heavy (non-hydrogen) atoms. The maximum atomic E-state index is 13.7. The molecule has 0 aliphatic carbocycles. The molecule has 5 aromatic carbocycles. The average Bonchev–Trinajstić information content (AvgIpc) is 3.54. The Labute approximate surface area is 298 Å². The summed E-state index contributed by atoms with van der Waals surface area (Å²) in [6.07, 6.45) is 1.65. The minimum absolute atomic E-state index is 0.0846. The van der Waals surface area contributed by atoms with Crippen LogP contribution in [0.1, 0.15) is 29.8 Å². The summed E-state index contributed by atoms with van der Waals surface area (Å²) in [6.45, 7) is 4.31. The lowest BCUT2D eigenvalue weighted by Crippen LogP contribution is -2.30. The normalized spacial score (nSPS) is 11.8. The topological polar surface area (TPSA) is 109 Å². The number of hydrogen-bond donors (Lipinski definition) is 3. The van der Waals surface area contributed by atoms with Crippen LogP contribution in [0.15, 0.2) is 138 Å². The summed E-state index contributed by atoms with van der Waals surface area (Å²) >= 11 is 2.74. The van der Waals surface area contributed by atoms with Gasteiger partial charge in [-0.15, -0.1) is 11.8 Å². The third-order valence-corrected chi connectivity index (χ3v) is 9.56. The number of nitrogens with one attached hydrogen (secondary N) is 3. The number of benzene rings is 5. The maximum absolute atomic E-state index is 13.7. The number of fused-ring (bicyclic) bond motifs is 1. The second kappa shape index (κ2) is 16.1. The van der Waals surface area contributed by atoms with Gasteiger partial charge in [-0.1, -0.05) is 90.2 Å². The number of amides is 3. The Hall–Kier alpha value is -5.71. The van der Waals surface area contributed by atoms with E-state index < -0.39 is 17.1 Å². The molecule has 0 saturated carbocycles. The Balaban J connectivity index is 1.15. The molecule has 1 unspecified atom stereocenters. The smallest absolute Gasteiger partial charge is 0.272 e. The Morgan fingerprint density at radius 2 is 1.54 bits per heavy atom. The van der Waals surface area contributed by atoms with E-state index in [0.29, 0.717) is 23.0 Å². The van der Waals surface area contributed by atoms with Crippen LogP contribution in [-0.2, 0) is 9.59 Å². The number of nitrogens with zero attached hydrogens (tertiary/aromatic N) is 1. The van der Waals surface area contributed by atoms with E-state index >= 15 is 0 Å². The standard InChI is InChI=1S/C40H34N4O4S2/c1-3-48-32-21-22-34-36(25-32)50-40(43-34)44-37(45)26(2)49-33-16-10-15-31(24-33)41-39(47)35(42-38(46)30-13-8-5-9-14-30)23-27-17-19-29(20-18-27)28-11-6-4-7-12-28/h4-26H,3H2,1-2H3,(H,41,47)(H,42,46)(H,43,44,45)/b35-23+. The Morgan fingerprint density at radius 3 is 2.28 bits per heavy atom. The highest BCUT2D eigenvalue weighted by molar-refractivity contribution is 8.00. The molecule has 3 N–H and O–H groups in total. The first-order chi connectivity index (χ1) is 24.3. The molecule has 0 fully saturated rings. The Kier molecular flexibility index (Phi) is 11.0. The molecule has 0 saturated heterocycles. The summed E-state index contributed by atoms with van der Waals surface area (Å²) < 4.78 is 6.50. The summed E-state index contributed by atoms with van der Waals surface area (Å²) in [5.41, 5.74) is 4.68. The van der Waals surface area contributed by atoms with Crippen LogP contribution in [0.2, 0.25) is 0 Å². The predicted octanol–water partition coefficient (Wildman–Crippen LogP) is 8.89. The first-order valence-corrected chi connectivity index (χ1v) is 17.7. The molecule has 3 amide bonds. The number of carbonyl (C=O) groups is 3. The van der Waals surface area contributed by atoms with Gasteiger partial charge in [0, 0.05) is 16.1 Å². The minimum atomic E-state index is -0.488. The summed E-state index contributed by atoms with van der Waals surface area (Å²) in [7, 11) is 0. The molecule has 0 aliphatic heterocycles. The SMILES string of the molecule is CCOc1ccc2nc(NC(=O)C(C)Sc3cccc(NC(=O)/C(=C\c4ccc(-c5ccccc5)cc4)NC(=O)c4ccccc4)c3)sc2c1. The van der Waals surface area contributed by atoms with Crippen molar-refractivity contribution < 1.29 is 19.1 Å². The van der Waals surface area contributed by atoms with Crippen LogP contribution in [0.4, 0.5) is 10.8 Å². The van der Waals surface area contributed by atoms with Gasteiger partial charge in [-0.3, -0.25) is 14.4 Å². The van der Waals surface area contributed by atoms with Crippen molar-refractivity contribution in [2.45, 2.75) is 24.0 Å². The van der Waals surface area contributed by atoms with E-state index in [2.05, 4.69) is 20.9 Å². The van der Waals surface area contributed by atoms with Gasteiger partial charge in [0.25, 0.3) is 11.8 Å². The van der Waals surface area contributed by atoms with E-state index in [4.69, 9.17) is 4.74 Å². The van der Waals surface area contributed by atoms with Gasteiger partial charge in [-0.25, -0.2) is 4.98 Å². The average molecular weight is 699 g/mol.